The number of piperazine rings is 1. The van der Waals surface area contributed by atoms with Crippen molar-refractivity contribution in [3.8, 4) is 0 Å². The predicted octanol–water partition coefficient (Wildman–Crippen LogP) is 2.82. The molecule has 1 saturated heterocycles. The summed E-state index contributed by atoms with van der Waals surface area (Å²) in [5.74, 6) is 0.533. The van der Waals surface area contributed by atoms with E-state index in [0.29, 0.717) is 54.4 Å². The summed E-state index contributed by atoms with van der Waals surface area (Å²) in [4.78, 5) is 6.31. The summed E-state index contributed by atoms with van der Waals surface area (Å²) < 4.78 is 31.2. The molecule has 1 aliphatic heterocycles. The molecule has 0 atom stereocenters. The van der Waals surface area contributed by atoms with Crippen molar-refractivity contribution in [2.75, 3.05) is 33.2 Å². The fourth-order valence-corrected chi connectivity index (χ4v) is 4.84. The predicted molar refractivity (Wildman–Crippen MR) is 124 cm³/mol. The quantitative estimate of drug-likeness (QED) is 0.336. The monoisotopic (exact) mass is 573 g/mol. The number of nitrogens with one attached hydrogen (secondary N) is 1. The summed E-state index contributed by atoms with van der Waals surface area (Å²) >= 11 is 12.1. The van der Waals surface area contributed by atoms with E-state index in [2.05, 4.69) is 15.5 Å². The number of aromatic nitrogens is 1. The van der Waals surface area contributed by atoms with E-state index in [1.165, 1.54) is 10.6 Å². The SMILES string of the molecule is CN=C(NCc1ccc(Cl)cc1Cl)N1CCN(S(=O)(=O)Cc2ccon2)CC1.I. The van der Waals surface area contributed by atoms with E-state index in [0.717, 1.165) is 5.56 Å². The zero-order valence-corrected chi connectivity index (χ0v) is 20.4. The number of nitrogens with zero attached hydrogens (tertiary/aromatic N) is 4. The van der Waals surface area contributed by atoms with Gasteiger partial charge in [-0.1, -0.05) is 34.4 Å². The van der Waals surface area contributed by atoms with Gasteiger partial charge < -0.3 is 14.7 Å². The number of sulfonamides is 1. The van der Waals surface area contributed by atoms with Crippen molar-refractivity contribution in [3.05, 3.63) is 51.8 Å². The number of aliphatic imine (C=N–C) groups is 1. The topological polar surface area (TPSA) is 91.0 Å². The molecular formula is C17H22Cl2IN5O3S. The fourth-order valence-electron chi connectivity index (χ4n) is 2.94. The maximum atomic E-state index is 12.5. The molecule has 0 amide bonds. The molecule has 0 unspecified atom stereocenters. The molecule has 0 radical (unpaired) electrons. The van der Waals surface area contributed by atoms with Crippen LogP contribution in [-0.4, -0.2) is 62.0 Å². The molecule has 1 fully saturated rings. The van der Waals surface area contributed by atoms with Crippen LogP contribution in [0.4, 0.5) is 0 Å². The third-order valence-corrected chi connectivity index (χ3v) is 6.82. The van der Waals surface area contributed by atoms with Crippen molar-refractivity contribution < 1.29 is 12.9 Å². The van der Waals surface area contributed by atoms with Crippen LogP contribution in [0.3, 0.4) is 0 Å². The van der Waals surface area contributed by atoms with Crippen LogP contribution in [0.1, 0.15) is 11.3 Å². The van der Waals surface area contributed by atoms with Crippen molar-refractivity contribution >= 4 is 63.2 Å². The molecule has 29 heavy (non-hydrogen) atoms. The molecule has 2 aromatic rings. The summed E-state index contributed by atoms with van der Waals surface area (Å²) in [5.41, 5.74) is 1.31. The Hall–Kier alpha value is -1.08. The summed E-state index contributed by atoms with van der Waals surface area (Å²) in [6.45, 7) is 2.32. The second-order valence-electron chi connectivity index (χ2n) is 6.27. The first-order valence-corrected chi connectivity index (χ1v) is 11.0. The minimum absolute atomic E-state index is 0. The third kappa shape index (κ3) is 6.45. The maximum Gasteiger partial charge on any atom is 0.220 e. The summed E-state index contributed by atoms with van der Waals surface area (Å²) in [7, 11) is -1.74. The van der Waals surface area contributed by atoms with Gasteiger partial charge in [-0.15, -0.1) is 24.0 Å². The highest BCUT2D eigenvalue weighted by molar-refractivity contribution is 14.0. The molecule has 1 aromatic heterocycles. The summed E-state index contributed by atoms with van der Waals surface area (Å²) in [5, 5.41) is 8.11. The van der Waals surface area contributed by atoms with E-state index in [1.54, 1.807) is 25.2 Å². The normalized spacial score (nSPS) is 15.8. The smallest absolute Gasteiger partial charge is 0.220 e. The van der Waals surface area contributed by atoms with Crippen LogP contribution in [0.2, 0.25) is 10.0 Å². The van der Waals surface area contributed by atoms with Gasteiger partial charge in [0, 0.05) is 55.9 Å². The molecule has 2 heterocycles. The molecule has 160 valence electrons. The lowest BCUT2D eigenvalue weighted by Gasteiger charge is -2.35. The second-order valence-corrected chi connectivity index (χ2v) is 9.08. The first-order chi connectivity index (χ1) is 13.4. The van der Waals surface area contributed by atoms with Crippen LogP contribution in [0.15, 0.2) is 40.0 Å². The van der Waals surface area contributed by atoms with Crippen molar-refractivity contribution in [3.63, 3.8) is 0 Å². The number of benzene rings is 1. The van der Waals surface area contributed by atoms with Crippen LogP contribution in [0.5, 0.6) is 0 Å². The van der Waals surface area contributed by atoms with Gasteiger partial charge in [0.2, 0.25) is 10.0 Å². The van der Waals surface area contributed by atoms with Crippen LogP contribution >= 0.6 is 47.2 Å². The molecule has 8 nitrogen and oxygen atoms in total. The summed E-state index contributed by atoms with van der Waals surface area (Å²) in [6, 6.07) is 6.90. The van der Waals surface area contributed by atoms with E-state index in [-0.39, 0.29) is 29.7 Å². The maximum absolute atomic E-state index is 12.5. The van der Waals surface area contributed by atoms with Gasteiger partial charge in [-0.25, -0.2) is 8.42 Å². The molecule has 0 saturated carbocycles. The summed E-state index contributed by atoms with van der Waals surface area (Å²) in [6.07, 6.45) is 1.37. The third-order valence-electron chi connectivity index (χ3n) is 4.42. The Morgan fingerprint density at radius 2 is 1.97 bits per heavy atom. The highest BCUT2D eigenvalue weighted by Gasteiger charge is 2.29. The molecule has 1 aliphatic rings. The van der Waals surface area contributed by atoms with E-state index < -0.39 is 10.0 Å². The second kappa shape index (κ2) is 10.8. The molecular weight excluding hydrogens is 552 g/mol. The standard InChI is InChI=1S/C17H21Cl2N5O3S.HI/c1-20-17(21-11-13-2-3-14(18)10-16(13)19)23-5-7-24(8-6-23)28(25,26)12-15-4-9-27-22-15;/h2-4,9-10H,5-8,11-12H2,1H3,(H,20,21);1H. The Kier molecular flexibility index (Phi) is 9.01. The average Bonchev–Trinajstić information content (AvgIpc) is 3.16. The molecule has 3 rings (SSSR count). The largest absolute Gasteiger partial charge is 0.364 e. The number of guanidine groups is 1. The van der Waals surface area contributed by atoms with Crippen molar-refractivity contribution in [2.24, 2.45) is 4.99 Å². The zero-order valence-electron chi connectivity index (χ0n) is 15.7. The highest BCUT2D eigenvalue weighted by atomic mass is 127. The number of rotatable bonds is 5. The number of hydrogen-bond donors (Lipinski definition) is 1. The molecule has 0 aliphatic carbocycles. The van der Waals surface area contributed by atoms with Gasteiger partial charge in [0.1, 0.15) is 12.0 Å². The Balaban J connectivity index is 0.00000300. The number of hydrogen-bond acceptors (Lipinski definition) is 5. The van der Waals surface area contributed by atoms with Crippen LogP contribution in [-0.2, 0) is 22.3 Å². The van der Waals surface area contributed by atoms with Gasteiger partial charge in [-0.3, -0.25) is 4.99 Å². The van der Waals surface area contributed by atoms with Crippen molar-refractivity contribution in [2.45, 2.75) is 12.3 Å². The fraction of sp³-hybridized carbons (Fsp3) is 0.412. The average molecular weight is 574 g/mol. The van der Waals surface area contributed by atoms with Gasteiger partial charge >= 0.3 is 0 Å². The molecule has 0 spiro atoms. The minimum Gasteiger partial charge on any atom is -0.364 e. The highest BCUT2D eigenvalue weighted by Crippen LogP contribution is 2.21. The first-order valence-electron chi connectivity index (χ1n) is 8.65. The lowest BCUT2D eigenvalue weighted by molar-refractivity contribution is 0.259. The first kappa shape index (κ1) is 24.2. The van der Waals surface area contributed by atoms with E-state index in [1.807, 2.05) is 11.0 Å². The van der Waals surface area contributed by atoms with Gasteiger partial charge in [0.25, 0.3) is 0 Å². The van der Waals surface area contributed by atoms with Gasteiger partial charge in [0.05, 0.1) is 5.69 Å². The molecule has 0 bridgehead atoms. The Morgan fingerprint density at radius 1 is 1.24 bits per heavy atom. The van der Waals surface area contributed by atoms with Gasteiger partial charge in [-0.05, 0) is 17.7 Å². The van der Waals surface area contributed by atoms with Crippen molar-refractivity contribution in [1.82, 2.24) is 19.7 Å². The zero-order chi connectivity index (χ0) is 20.1. The molecule has 12 heteroatoms. The van der Waals surface area contributed by atoms with Gasteiger partial charge in [0.15, 0.2) is 5.96 Å². The Labute approximate surface area is 197 Å². The Bertz CT molecular complexity index is 933. The lowest BCUT2D eigenvalue weighted by atomic mass is 10.2. The van der Waals surface area contributed by atoms with Crippen LogP contribution in [0, 0.1) is 0 Å². The molecule has 1 aromatic carbocycles. The van der Waals surface area contributed by atoms with Gasteiger partial charge in [-0.2, -0.15) is 4.31 Å². The number of halogens is 3. The Morgan fingerprint density at radius 3 is 2.55 bits per heavy atom. The molecule has 1 N–H and O–H groups in total. The van der Waals surface area contributed by atoms with E-state index in [9.17, 15) is 8.42 Å². The van der Waals surface area contributed by atoms with Crippen molar-refractivity contribution in [1.29, 1.82) is 0 Å². The van der Waals surface area contributed by atoms with Crippen LogP contribution in [0.25, 0.3) is 0 Å². The van der Waals surface area contributed by atoms with E-state index in [4.69, 9.17) is 27.7 Å². The van der Waals surface area contributed by atoms with E-state index >= 15 is 0 Å². The van der Waals surface area contributed by atoms with Crippen LogP contribution < -0.4 is 5.32 Å². The lowest BCUT2D eigenvalue weighted by Crippen LogP contribution is -2.53. The minimum atomic E-state index is -3.43.